The number of rotatable bonds is 9. The molecule has 0 fully saturated rings. The van der Waals surface area contributed by atoms with Crippen LogP contribution in [0.2, 0.25) is 0 Å². The Morgan fingerprint density at radius 2 is 2.14 bits per heavy atom. The maximum atomic E-state index is 12.3. The van der Waals surface area contributed by atoms with Gasteiger partial charge in [0.25, 0.3) is 0 Å². The number of nitrogens with zero attached hydrogens (tertiary/aromatic N) is 4. The number of hydrogen-bond donors (Lipinski definition) is 1. The molecule has 1 heterocycles. The third-order valence-electron chi connectivity index (χ3n) is 4.17. The number of aromatic nitrogens is 3. The number of carbonyl (C=O) groups excluding carboxylic acids is 1. The number of carbonyl (C=O) groups is 1. The molecule has 148 valence electrons. The lowest BCUT2D eigenvalue weighted by molar-refractivity contribution is -0.118. The molecule has 0 saturated carbocycles. The molecule has 29 heavy (non-hydrogen) atoms. The van der Waals surface area contributed by atoms with Crippen LogP contribution >= 0.6 is 11.8 Å². The average Bonchev–Trinajstić information content (AvgIpc) is 3.23. The summed E-state index contributed by atoms with van der Waals surface area (Å²) in [5.74, 6) is 0.740. The van der Waals surface area contributed by atoms with Gasteiger partial charge in [0.2, 0.25) is 5.91 Å². The van der Waals surface area contributed by atoms with Gasteiger partial charge in [-0.25, -0.2) is 0 Å². The van der Waals surface area contributed by atoms with Crippen LogP contribution in [0.5, 0.6) is 5.75 Å². The normalized spacial score (nSPS) is 10.3. The Morgan fingerprint density at radius 1 is 1.28 bits per heavy atom. The second-order valence-corrected chi connectivity index (χ2v) is 7.07. The molecule has 0 radical (unpaired) electrons. The van der Waals surface area contributed by atoms with Gasteiger partial charge in [-0.2, -0.15) is 5.26 Å². The molecule has 0 aliphatic carbocycles. The van der Waals surface area contributed by atoms with E-state index >= 15 is 0 Å². The van der Waals surface area contributed by atoms with E-state index < -0.39 is 0 Å². The van der Waals surface area contributed by atoms with Crippen LogP contribution in [0.4, 0.5) is 0 Å². The summed E-state index contributed by atoms with van der Waals surface area (Å²) in [5, 5.41) is 20.3. The van der Waals surface area contributed by atoms with Crippen molar-refractivity contribution in [2.24, 2.45) is 0 Å². The van der Waals surface area contributed by atoms with Gasteiger partial charge in [0, 0.05) is 6.54 Å². The number of nitrogens with one attached hydrogen (secondary N) is 1. The molecule has 0 saturated heterocycles. The summed E-state index contributed by atoms with van der Waals surface area (Å²) >= 11 is 1.34. The number of aryl methyl sites for hydroxylation is 1. The molecule has 1 N–H and O–H groups in total. The summed E-state index contributed by atoms with van der Waals surface area (Å²) in [6.07, 6.45) is 2.57. The van der Waals surface area contributed by atoms with Crippen molar-refractivity contribution in [2.45, 2.75) is 25.0 Å². The summed E-state index contributed by atoms with van der Waals surface area (Å²) in [7, 11) is 0. The van der Waals surface area contributed by atoms with E-state index in [0.717, 1.165) is 17.7 Å². The first-order chi connectivity index (χ1) is 14.2. The average molecular weight is 407 g/mol. The van der Waals surface area contributed by atoms with Gasteiger partial charge in [-0.1, -0.05) is 49.0 Å². The fraction of sp³-hybridized carbons (Fsp3) is 0.238. The minimum atomic E-state index is -0.100. The van der Waals surface area contributed by atoms with Gasteiger partial charge in [-0.3, -0.25) is 9.36 Å². The Hall–Kier alpha value is -3.31. The molecule has 0 spiro atoms. The number of amides is 1. The largest absolute Gasteiger partial charge is 0.479 e. The summed E-state index contributed by atoms with van der Waals surface area (Å²) in [4.78, 5) is 12.3. The molecular formula is C21H21N5O2S. The van der Waals surface area contributed by atoms with Crippen molar-refractivity contribution in [1.29, 1.82) is 5.26 Å². The zero-order valence-corrected chi connectivity index (χ0v) is 16.9. The fourth-order valence-corrected chi connectivity index (χ4v) is 3.53. The number of benzene rings is 2. The van der Waals surface area contributed by atoms with E-state index in [4.69, 9.17) is 10.00 Å². The molecule has 1 amide bonds. The maximum absolute atomic E-state index is 12.3. The number of para-hydroxylation sites is 1. The predicted molar refractivity (Wildman–Crippen MR) is 111 cm³/mol. The van der Waals surface area contributed by atoms with Crippen molar-refractivity contribution >= 4 is 17.7 Å². The molecule has 1 aromatic heterocycles. The SMILES string of the molecule is CCc1ccccc1-n1cnnc1SCC(=O)NCc1cccc(OCC#N)c1. The molecule has 0 unspecified atom stereocenters. The molecule has 0 bridgehead atoms. The number of nitriles is 1. The molecule has 3 aromatic rings. The lowest BCUT2D eigenvalue weighted by Gasteiger charge is -2.11. The first-order valence-electron chi connectivity index (χ1n) is 9.17. The van der Waals surface area contributed by atoms with Gasteiger partial charge in [0.15, 0.2) is 11.8 Å². The van der Waals surface area contributed by atoms with E-state index in [1.807, 2.05) is 47.0 Å². The van der Waals surface area contributed by atoms with Gasteiger partial charge in [-0.05, 0) is 35.7 Å². The molecule has 7 nitrogen and oxygen atoms in total. The third-order valence-corrected chi connectivity index (χ3v) is 5.12. The summed E-state index contributed by atoms with van der Waals surface area (Å²) in [5.41, 5.74) is 3.12. The van der Waals surface area contributed by atoms with Crippen molar-refractivity contribution in [1.82, 2.24) is 20.1 Å². The quantitative estimate of drug-likeness (QED) is 0.548. The molecule has 0 aliphatic rings. The zero-order valence-electron chi connectivity index (χ0n) is 16.0. The summed E-state index contributed by atoms with van der Waals surface area (Å²) in [6.45, 7) is 2.48. The summed E-state index contributed by atoms with van der Waals surface area (Å²) < 4.78 is 7.19. The molecule has 0 aliphatic heterocycles. The van der Waals surface area contributed by atoms with E-state index in [-0.39, 0.29) is 18.3 Å². The minimum absolute atomic E-state index is 0.00566. The third kappa shape index (κ3) is 5.59. The monoisotopic (exact) mass is 407 g/mol. The van der Waals surface area contributed by atoms with Crippen LogP contribution in [0.3, 0.4) is 0 Å². The van der Waals surface area contributed by atoms with Crippen molar-refractivity contribution < 1.29 is 9.53 Å². The molecule has 3 rings (SSSR count). The fourth-order valence-electron chi connectivity index (χ4n) is 2.78. The van der Waals surface area contributed by atoms with Gasteiger partial charge in [0.05, 0.1) is 11.4 Å². The Morgan fingerprint density at radius 3 is 2.97 bits per heavy atom. The second-order valence-electron chi connectivity index (χ2n) is 6.13. The highest BCUT2D eigenvalue weighted by Gasteiger charge is 2.12. The van der Waals surface area contributed by atoms with E-state index in [1.165, 1.54) is 17.3 Å². The topological polar surface area (TPSA) is 92.8 Å². The first-order valence-corrected chi connectivity index (χ1v) is 10.2. The molecule has 0 atom stereocenters. The molecular weight excluding hydrogens is 386 g/mol. The highest BCUT2D eigenvalue weighted by molar-refractivity contribution is 7.99. The Balaban J connectivity index is 1.56. The van der Waals surface area contributed by atoms with Crippen LogP contribution in [0.25, 0.3) is 5.69 Å². The predicted octanol–water partition coefficient (Wildman–Crippen LogP) is 3.14. The molecule has 2 aromatic carbocycles. The second kappa shape index (κ2) is 10.3. The van der Waals surface area contributed by atoms with Crippen LogP contribution in [-0.2, 0) is 17.8 Å². The zero-order chi connectivity index (χ0) is 20.5. The Bertz CT molecular complexity index is 1010. The van der Waals surface area contributed by atoms with E-state index in [1.54, 1.807) is 12.4 Å². The van der Waals surface area contributed by atoms with Gasteiger partial charge in [0.1, 0.15) is 18.1 Å². The van der Waals surface area contributed by atoms with Gasteiger partial charge < -0.3 is 10.1 Å². The number of thioether (sulfide) groups is 1. The Kier molecular flexibility index (Phi) is 7.25. The van der Waals surface area contributed by atoms with Crippen LogP contribution in [0.1, 0.15) is 18.1 Å². The highest BCUT2D eigenvalue weighted by atomic mass is 32.2. The Labute approximate surface area is 173 Å². The lowest BCUT2D eigenvalue weighted by atomic mass is 10.1. The van der Waals surface area contributed by atoms with E-state index in [0.29, 0.717) is 17.5 Å². The standard InChI is InChI=1S/C21H21N5O2S/c1-2-17-7-3-4-9-19(17)26-15-24-25-21(26)29-14-20(27)23-13-16-6-5-8-18(12-16)28-11-10-22/h3-9,12,15H,2,11,13-14H2,1H3,(H,23,27). The van der Waals surface area contributed by atoms with Crippen molar-refractivity contribution in [3.8, 4) is 17.5 Å². The molecule has 8 heteroatoms. The number of hydrogen-bond acceptors (Lipinski definition) is 6. The first kappa shape index (κ1) is 20.4. The van der Waals surface area contributed by atoms with E-state index in [9.17, 15) is 4.79 Å². The van der Waals surface area contributed by atoms with Crippen LogP contribution in [0.15, 0.2) is 60.0 Å². The highest BCUT2D eigenvalue weighted by Crippen LogP contribution is 2.22. The van der Waals surface area contributed by atoms with Crippen LogP contribution in [0, 0.1) is 11.3 Å². The smallest absolute Gasteiger partial charge is 0.230 e. The van der Waals surface area contributed by atoms with Crippen molar-refractivity contribution in [2.75, 3.05) is 12.4 Å². The van der Waals surface area contributed by atoms with Gasteiger partial charge in [-0.15, -0.1) is 10.2 Å². The van der Waals surface area contributed by atoms with Gasteiger partial charge >= 0.3 is 0 Å². The summed E-state index contributed by atoms with van der Waals surface area (Å²) in [6, 6.07) is 17.3. The van der Waals surface area contributed by atoms with Crippen LogP contribution in [-0.4, -0.2) is 33.0 Å². The maximum Gasteiger partial charge on any atom is 0.230 e. The van der Waals surface area contributed by atoms with Crippen molar-refractivity contribution in [3.05, 3.63) is 66.0 Å². The lowest BCUT2D eigenvalue weighted by Crippen LogP contribution is -2.24. The minimum Gasteiger partial charge on any atom is -0.479 e. The van der Waals surface area contributed by atoms with Crippen molar-refractivity contribution in [3.63, 3.8) is 0 Å². The number of ether oxygens (including phenoxy) is 1. The van der Waals surface area contributed by atoms with Crippen LogP contribution < -0.4 is 10.1 Å². The van der Waals surface area contributed by atoms with E-state index in [2.05, 4.69) is 28.5 Å².